The first kappa shape index (κ1) is 19.9. The number of rotatable bonds is 5. The molecule has 4 unspecified atom stereocenters. The van der Waals surface area contributed by atoms with Crippen molar-refractivity contribution >= 4 is 0 Å². The van der Waals surface area contributed by atoms with Crippen LogP contribution in [0.5, 0.6) is 5.75 Å². The van der Waals surface area contributed by atoms with E-state index in [1.807, 2.05) is 12.1 Å². The van der Waals surface area contributed by atoms with Crippen molar-refractivity contribution in [1.29, 1.82) is 0 Å². The summed E-state index contributed by atoms with van der Waals surface area (Å²) in [6.07, 6.45) is 15.8. The Morgan fingerprint density at radius 3 is 2.00 bits per heavy atom. The van der Waals surface area contributed by atoms with Crippen molar-refractivity contribution in [2.24, 2.45) is 29.6 Å². The van der Waals surface area contributed by atoms with Gasteiger partial charge in [-0.25, -0.2) is 0 Å². The average molecular weight is 389 g/mol. The van der Waals surface area contributed by atoms with Crippen LogP contribution in [0.3, 0.4) is 0 Å². The molecule has 0 spiro atoms. The van der Waals surface area contributed by atoms with Gasteiger partial charge in [0, 0.05) is 0 Å². The van der Waals surface area contributed by atoms with Gasteiger partial charge in [0.2, 0.25) is 0 Å². The molecular weight excluding hydrogens is 354 g/mol. The lowest BCUT2D eigenvalue weighted by Crippen LogP contribution is -2.34. The fraction of sp³-hybridized carbons (Fsp3) is 0.680. The van der Waals surface area contributed by atoms with Gasteiger partial charge in [0.15, 0.2) is 0 Å². The second kappa shape index (κ2) is 8.97. The van der Waals surface area contributed by atoms with Crippen LogP contribution < -0.4 is 4.74 Å². The fourth-order valence-electron chi connectivity index (χ4n) is 6.43. The van der Waals surface area contributed by atoms with Crippen LogP contribution in [-0.2, 0) is 0 Å². The van der Waals surface area contributed by atoms with E-state index in [0.717, 1.165) is 29.6 Å². The monoisotopic (exact) mass is 388 g/mol. The molecule has 0 heterocycles. The molecule has 154 valence electrons. The second-order valence-corrected chi connectivity index (χ2v) is 9.46. The van der Waals surface area contributed by atoms with Crippen molar-refractivity contribution in [3.05, 3.63) is 42.5 Å². The third-order valence-corrected chi connectivity index (χ3v) is 8.05. The molecule has 1 aromatic rings. The Morgan fingerprint density at radius 2 is 1.36 bits per heavy atom. The quantitative estimate of drug-likeness (QED) is 0.472. The minimum atomic E-state index is -2.75. The third-order valence-electron chi connectivity index (χ3n) is 8.05. The van der Waals surface area contributed by atoms with Crippen LogP contribution in [0.4, 0.5) is 8.78 Å². The molecule has 3 saturated carbocycles. The highest BCUT2D eigenvalue weighted by molar-refractivity contribution is 5.30. The van der Waals surface area contributed by atoms with Gasteiger partial charge in [-0.05, 0) is 117 Å². The van der Waals surface area contributed by atoms with Gasteiger partial charge in [0.25, 0.3) is 0 Å². The largest absolute Gasteiger partial charge is 0.435 e. The number of fused-ring (bicyclic) bond motifs is 1. The second-order valence-electron chi connectivity index (χ2n) is 9.46. The van der Waals surface area contributed by atoms with Gasteiger partial charge in [0.1, 0.15) is 5.75 Å². The molecule has 1 aromatic carbocycles. The zero-order valence-electron chi connectivity index (χ0n) is 16.9. The minimum absolute atomic E-state index is 0.263. The third kappa shape index (κ3) is 4.60. The maximum atomic E-state index is 12.3. The number of allylic oxidation sites excluding steroid dienone is 1. The summed E-state index contributed by atoms with van der Waals surface area (Å²) < 4.78 is 29.2. The lowest BCUT2D eigenvalue weighted by Gasteiger charge is -2.45. The average Bonchev–Trinajstić information content (AvgIpc) is 2.73. The number of halogens is 2. The van der Waals surface area contributed by atoms with Gasteiger partial charge in [0.05, 0.1) is 0 Å². The molecule has 4 rings (SSSR count). The van der Waals surface area contributed by atoms with Crippen molar-refractivity contribution < 1.29 is 13.5 Å². The number of benzene rings is 1. The highest BCUT2D eigenvalue weighted by Crippen LogP contribution is 2.50. The maximum absolute atomic E-state index is 12.3. The molecule has 0 N–H and O–H groups in total. The molecule has 0 bridgehead atoms. The fourth-order valence-corrected chi connectivity index (χ4v) is 6.43. The zero-order chi connectivity index (χ0) is 19.5. The molecule has 0 aliphatic heterocycles. The molecule has 1 nitrogen and oxygen atoms in total. The summed E-state index contributed by atoms with van der Waals surface area (Å²) in [7, 11) is 0. The van der Waals surface area contributed by atoms with E-state index in [1.54, 1.807) is 12.1 Å². The van der Waals surface area contributed by atoms with Gasteiger partial charge in [-0.3, -0.25) is 0 Å². The number of hydrogen-bond acceptors (Lipinski definition) is 1. The van der Waals surface area contributed by atoms with Gasteiger partial charge >= 0.3 is 6.61 Å². The van der Waals surface area contributed by atoms with E-state index in [4.69, 9.17) is 0 Å². The van der Waals surface area contributed by atoms with E-state index in [2.05, 4.69) is 17.4 Å². The van der Waals surface area contributed by atoms with E-state index < -0.39 is 6.61 Å². The molecular formula is C25H34F2O. The smallest absolute Gasteiger partial charge is 0.387 e. The molecule has 0 radical (unpaired) electrons. The first-order valence-corrected chi connectivity index (χ1v) is 11.3. The SMILES string of the molecule is C=CC1CCC(C2CCC3CC(c4ccc(OC(F)F)cc4)CCC3C2)CC1. The van der Waals surface area contributed by atoms with Crippen LogP contribution in [0.15, 0.2) is 36.9 Å². The van der Waals surface area contributed by atoms with E-state index in [0.29, 0.717) is 5.92 Å². The first-order chi connectivity index (χ1) is 13.6. The summed E-state index contributed by atoms with van der Waals surface area (Å²) >= 11 is 0. The van der Waals surface area contributed by atoms with Gasteiger partial charge in [-0.2, -0.15) is 8.78 Å². The van der Waals surface area contributed by atoms with Crippen molar-refractivity contribution in [1.82, 2.24) is 0 Å². The molecule has 28 heavy (non-hydrogen) atoms. The van der Waals surface area contributed by atoms with E-state index in [-0.39, 0.29) is 5.75 Å². The Balaban J connectivity index is 1.30. The molecule has 0 saturated heterocycles. The highest BCUT2D eigenvalue weighted by Gasteiger charge is 2.38. The lowest BCUT2D eigenvalue weighted by atomic mass is 9.60. The van der Waals surface area contributed by atoms with Gasteiger partial charge in [-0.1, -0.05) is 18.2 Å². The minimum Gasteiger partial charge on any atom is -0.435 e. The van der Waals surface area contributed by atoms with Crippen LogP contribution in [0.1, 0.15) is 75.7 Å². The molecule has 0 amide bonds. The Morgan fingerprint density at radius 1 is 0.786 bits per heavy atom. The Hall–Kier alpha value is -1.38. The predicted molar refractivity (Wildman–Crippen MR) is 110 cm³/mol. The molecule has 3 fully saturated rings. The summed E-state index contributed by atoms with van der Waals surface area (Å²) in [5.74, 6) is 5.29. The van der Waals surface area contributed by atoms with Crippen LogP contribution in [-0.4, -0.2) is 6.61 Å². The van der Waals surface area contributed by atoms with Crippen LogP contribution in [0.25, 0.3) is 0 Å². The lowest BCUT2D eigenvalue weighted by molar-refractivity contribution is -0.0498. The number of hydrogen-bond donors (Lipinski definition) is 0. The van der Waals surface area contributed by atoms with Gasteiger partial charge in [-0.15, -0.1) is 6.58 Å². The number of ether oxygens (including phenoxy) is 1. The van der Waals surface area contributed by atoms with Crippen molar-refractivity contribution in [2.75, 3.05) is 0 Å². The topological polar surface area (TPSA) is 9.23 Å². The standard InChI is InChI=1S/C25H34F2O/c1-2-17-3-5-18(6-4-17)20-7-9-23-16-21(8-10-22(23)15-20)19-11-13-24(14-12-19)28-25(26)27/h2,11-14,17-18,20-23,25H,1,3-10,15-16H2. The van der Waals surface area contributed by atoms with E-state index in [9.17, 15) is 8.78 Å². The normalized spacial score (nSPS) is 36.0. The Labute approximate surface area is 168 Å². The van der Waals surface area contributed by atoms with Crippen molar-refractivity contribution in [3.63, 3.8) is 0 Å². The molecule has 3 aliphatic rings. The van der Waals surface area contributed by atoms with E-state index in [1.165, 1.54) is 69.8 Å². The van der Waals surface area contributed by atoms with Crippen LogP contribution in [0, 0.1) is 29.6 Å². The summed E-state index contributed by atoms with van der Waals surface area (Å²) in [6.45, 7) is 1.24. The van der Waals surface area contributed by atoms with Gasteiger partial charge < -0.3 is 4.74 Å². The first-order valence-electron chi connectivity index (χ1n) is 11.3. The molecule has 0 aromatic heterocycles. The van der Waals surface area contributed by atoms with Crippen molar-refractivity contribution in [3.8, 4) is 5.75 Å². The molecule has 3 heteroatoms. The van der Waals surface area contributed by atoms with Crippen molar-refractivity contribution in [2.45, 2.75) is 76.7 Å². The van der Waals surface area contributed by atoms with Crippen LogP contribution >= 0.6 is 0 Å². The summed E-state index contributed by atoms with van der Waals surface area (Å²) in [6, 6.07) is 7.38. The molecule has 4 atom stereocenters. The summed E-state index contributed by atoms with van der Waals surface area (Å²) in [4.78, 5) is 0. The van der Waals surface area contributed by atoms with Crippen LogP contribution in [0.2, 0.25) is 0 Å². The maximum Gasteiger partial charge on any atom is 0.387 e. The molecule has 3 aliphatic carbocycles. The highest BCUT2D eigenvalue weighted by atomic mass is 19.3. The summed E-state index contributed by atoms with van der Waals surface area (Å²) in [5.41, 5.74) is 1.30. The Bertz CT molecular complexity index is 632. The summed E-state index contributed by atoms with van der Waals surface area (Å²) in [5, 5.41) is 0. The predicted octanol–water partition coefficient (Wildman–Crippen LogP) is 7.58. The zero-order valence-corrected chi connectivity index (χ0v) is 16.9. The van der Waals surface area contributed by atoms with E-state index >= 15 is 0 Å². The number of alkyl halides is 2. The Kier molecular flexibility index (Phi) is 6.38.